The summed E-state index contributed by atoms with van der Waals surface area (Å²) >= 11 is 0. The molecule has 19 heavy (non-hydrogen) atoms. The Kier molecular flexibility index (Phi) is 6.03. The fourth-order valence-electron chi connectivity index (χ4n) is 1.96. The first kappa shape index (κ1) is 16.2. The van der Waals surface area contributed by atoms with Crippen LogP contribution in [0.1, 0.15) is 20.3 Å². The standard InChI is InChI=1S/C13H19F3O2Si/c1-3-17-19(18-4-2,11-10-13(14,15)16)12-8-6-5-7-9-12/h5-9H,3-4,10-11H2,1-2H3. The second-order valence-corrected chi connectivity index (χ2v) is 7.26. The Labute approximate surface area is 112 Å². The van der Waals surface area contributed by atoms with E-state index in [0.29, 0.717) is 13.2 Å². The zero-order valence-corrected chi connectivity index (χ0v) is 12.2. The average Bonchev–Trinajstić information content (AvgIpc) is 2.37. The average molecular weight is 292 g/mol. The van der Waals surface area contributed by atoms with E-state index in [9.17, 15) is 13.2 Å². The number of alkyl halides is 3. The molecule has 0 aliphatic rings. The molecule has 0 radical (unpaired) electrons. The number of rotatable bonds is 7. The minimum absolute atomic E-state index is 0.109. The normalized spacial score (nSPS) is 12.7. The van der Waals surface area contributed by atoms with Crippen LogP contribution in [0, 0.1) is 0 Å². The summed E-state index contributed by atoms with van der Waals surface area (Å²) < 4.78 is 48.8. The van der Waals surface area contributed by atoms with Crippen LogP contribution in [0.3, 0.4) is 0 Å². The predicted molar refractivity (Wildman–Crippen MR) is 70.6 cm³/mol. The van der Waals surface area contributed by atoms with Gasteiger partial charge in [0.2, 0.25) is 0 Å². The second-order valence-electron chi connectivity index (χ2n) is 4.10. The van der Waals surface area contributed by atoms with Crippen molar-refractivity contribution >= 4 is 13.7 Å². The summed E-state index contributed by atoms with van der Waals surface area (Å²) in [5.74, 6) is 0. The van der Waals surface area contributed by atoms with Gasteiger partial charge >= 0.3 is 14.7 Å². The van der Waals surface area contributed by atoms with Crippen molar-refractivity contribution in [3.63, 3.8) is 0 Å². The largest absolute Gasteiger partial charge is 0.391 e. The van der Waals surface area contributed by atoms with Gasteiger partial charge in [-0.05, 0) is 19.0 Å². The van der Waals surface area contributed by atoms with Gasteiger partial charge in [-0.1, -0.05) is 30.3 Å². The lowest BCUT2D eigenvalue weighted by Crippen LogP contribution is -2.54. The molecule has 1 aromatic carbocycles. The van der Waals surface area contributed by atoms with Gasteiger partial charge < -0.3 is 8.85 Å². The van der Waals surface area contributed by atoms with E-state index in [1.54, 1.807) is 38.1 Å². The van der Waals surface area contributed by atoms with Crippen molar-refractivity contribution in [1.82, 2.24) is 0 Å². The van der Waals surface area contributed by atoms with E-state index < -0.39 is 21.2 Å². The molecule has 108 valence electrons. The summed E-state index contributed by atoms with van der Waals surface area (Å²) in [4.78, 5) is 0. The summed E-state index contributed by atoms with van der Waals surface area (Å²) in [6, 6.07) is 8.87. The van der Waals surface area contributed by atoms with Gasteiger partial charge in [-0.25, -0.2) is 0 Å². The molecule has 1 aromatic rings. The van der Waals surface area contributed by atoms with Crippen molar-refractivity contribution in [2.24, 2.45) is 0 Å². The third kappa shape index (κ3) is 4.97. The van der Waals surface area contributed by atoms with Crippen molar-refractivity contribution < 1.29 is 22.0 Å². The van der Waals surface area contributed by atoms with Crippen LogP contribution in [0.2, 0.25) is 6.04 Å². The Morgan fingerprint density at radius 3 is 1.95 bits per heavy atom. The first-order chi connectivity index (χ1) is 8.93. The molecule has 6 heteroatoms. The maximum Gasteiger partial charge on any atom is 0.389 e. The van der Waals surface area contributed by atoms with Gasteiger partial charge in [-0.15, -0.1) is 0 Å². The van der Waals surface area contributed by atoms with Gasteiger partial charge in [0.15, 0.2) is 0 Å². The summed E-state index contributed by atoms with van der Waals surface area (Å²) in [5, 5.41) is 0.753. The van der Waals surface area contributed by atoms with Gasteiger partial charge in [-0.2, -0.15) is 13.2 Å². The molecule has 0 bridgehead atoms. The highest BCUT2D eigenvalue weighted by atomic mass is 28.4. The summed E-state index contributed by atoms with van der Waals surface area (Å²) in [5.41, 5.74) is 0. The molecule has 0 saturated carbocycles. The van der Waals surface area contributed by atoms with Gasteiger partial charge in [0, 0.05) is 25.7 Å². The van der Waals surface area contributed by atoms with Crippen LogP contribution in [0.5, 0.6) is 0 Å². The van der Waals surface area contributed by atoms with Crippen LogP contribution in [0.25, 0.3) is 0 Å². The molecule has 1 rings (SSSR count). The third-order valence-corrected chi connectivity index (χ3v) is 6.34. The SMILES string of the molecule is CCO[Si](CCC(F)(F)F)(OCC)c1ccccc1. The minimum atomic E-state index is -4.19. The third-order valence-electron chi connectivity index (χ3n) is 2.71. The lowest BCUT2D eigenvalue weighted by molar-refractivity contribution is -0.131. The quantitative estimate of drug-likeness (QED) is 0.717. The summed E-state index contributed by atoms with van der Waals surface area (Å²) in [6.45, 7) is 4.24. The number of hydrogen-bond donors (Lipinski definition) is 0. The predicted octanol–water partition coefficient (Wildman–Crippen LogP) is 3.36. The molecule has 0 amide bonds. The Morgan fingerprint density at radius 2 is 1.53 bits per heavy atom. The molecule has 0 unspecified atom stereocenters. The van der Waals surface area contributed by atoms with E-state index >= 15 is 0 Å². The number of halogens is 3. The van der Waals surface area contributed by atoms with E-state index in [0.717, 1.165) is 5.19 Å². The molecule has 0 fully saturated rings. The van der Waals surface area contributed by atoms with Gasteiger partial charge in [0.1, 0.15) is 0 Å². The molecule has 0 aromatic heterocycles. The lowest BCUT2D eigenvalue weighted by Gasteiger charge is -2.30. The van der Waals surface area contributed by atoms with E-state index in [4.69, 9.17) is 8.85 Å². The molecule has 0 heterocycles. The molecule has 0 spiro atoms. The molecule has 0 atom stereocenters. The van der Waals surface area contributed by atoms with Gasteiger partial charge in [-0.3, -0.25) is 0 Å². The molecular weight excluding hydrogens is 273 g/mol. The van der Waals surface area contributed by atoms with Crippen LogP contribution in [-0.4, -0.2) is 28.0 Å². The van der Waals surface area contributed by atoms with E-state index in [2.05, 4.69) is 0 Å². The second kappa shape index (κ2) is 7.07. The molecule has 0 aliphatic carbocycles. The Hall–Kier alpha value is -0.853. The molecule has 0 aliphatic heterocycles. The first-order valence-electron chi connectivity index (χ1n) is 6.33. The Balaban J connectivity index is 3.00. The zero-order valence-electron chi connectivity index (χ0n) is 11.2. The smallest absolute Gasteiger partial charge is 0.389 e. The molecular formula is C13H19F3O2Si. The van der Waals surface area contributed by atoms with E-state index in [1.807, 2.05) is 6.07 Å². The zero-order chi connectivity index (χ0) is 14.4. The fourth-order valence-corrected chi connectivity index (χ4v) is 5.20. The van der Waals surface area contributed by atoms with Gasteiger partial charge in [0.05, 0.1) is 0 Å². The number of hydrogen-bond acceptors (Lipinski definition) is 2. The summed E-state index contributed by atoms with van der Waals surface area (Å²) in [6.07, 6.45) is -5.07. The maximum absolute atomic E-state index is 12.5. The Morgan fingerprint density at radius 1 is 1.00 bits per heavy atom. The van der Waals surface area contributed by atoms with Crippen LogP contribution < -0.4 is 5.19 Å². The van der Waals surface area contributed by atoms with E-state index in [-0.39, 0.29) is 6.04 Å². The first-order valence-corrected chi connectivity index (χ1v) is 8.36. The topological polar surface area (TPSA) is 18.5 Å². The molecule has 0 saturated heterocycles. The van der Waals surface area contributed by atoms with Crippen LogP contribution >= 0.6 is 0 Å². The van der Waals surface area contributed by atoms with Crippen LogP contribution in [-0.2, 0) is 8.85 Å². The van der Waals surface area contributed by atoms with Crippen molar-refractivity contribution in [1.29, 1.82) is 0 Å². The molecule has 2 nitrogen and oxygen atoms in total. The number of benzene rings is 1. The minimum Gasteiger partial charge on any atom is -0.391 e. The molecule has 0 N–H and O–H groups in total. The van der Waals surface area contributed by atoms with Crippen molar-refractivity contribution in [2.45, 2.75) is 32.5 Å². The monoisotopic (exact) mass is 292 g/mol. The fraction of sp³-hybridized carbons (Fsp3) is 0.538. The highest BCUT2D eigenvalue weighted by Crippen LogP contribution is 2.27. The van der Waals surface area contributed by atoms with E-state index in [1.165, 1.54) is 0 Å². The van der Waals surface area contributed by atoms with Crippen molar-refractivity contribution in [3.8, 4) is 0 Å². The van der Waals surface area contributed by atoms with Crippen molar-refractivity contribution in [3.05, 3.63) is 30.3 Å². The van der Waals surface area contributed by atoms with Crippen LogP contribution in [0.15, 0.2) is 30.3 Å². The lowest BCUT2D eigenvalue weighted by atomic mass is 10.4. The van der Waals surface area contributed by atoms with Crippen molar-refractivity contribution in [2.75, 3.05) is 13.2 Å². The maximum atomic E-state index is 12.5. The Bertz CT molecular complexity index is 362. The summed E-state index contributed by atoms with van der Waals surface area (Å²) in [7, 11) is -3.00. The van der Waals surface area contributed by atoms with Gasteiger partial charge in [0.25, 0.3) is 0 Å². The van der Waals surface area contributed by atoms with Crippen LogP contribution in [0.4, 0.5) is 13.2 Å². The highest BCUT2D eigenvalue weighted by molar-refractivity contribution is 6.81. The highest BCUT2D eigenvalue weighted by Gasteiger charge is 2.43.